The fraction of sp³-hybridized carbons (Fsp3) is 0.242. The first-order valence-electron chi connectivity index (χ1n) is 12.9. The van der Waals surface area contributed by atoms with Crippen LogP contribution in [0.1, 0.15) is 45.4 Å². The van der Waals surface area contributed by atoms with E-state index in [1.165, 1.54) is 27.8 Å². The monoisotopic (exact) mass is 560 g/mol. The lowest BCUT2D eigenvalue weighted by Gasteiger charge is -2.11. The third-order valence-electron chi connectivity index (χ3n) is 6.39. The van der Waals surface area contributed by atoms with Crippen LogP contribution in [-0.4, -0.2) is 13.4 Å². The van der Waals surface area contributed by atoms with Gasteiger partial charge in [0.25, 0.3) is 10.0 Å². The van der Waals surface area contributed by atoms with Gasteiger partial charge in [0.2, 0.25) is 0 Å². The summed E-state index contributed by atoms with van der Waals surface area (Å²) in [6.07, 6.45) is 0. The van der Waals surface area contributed by atoms with Gasteiger partial charge in [0.15, 0.2) is 0 Å². The van der Waals surface area contributed by atoms with E-state index in [2.05, 4.69) is 68.6 Å². The number of anilines is 1. The molecule has 0 fully saturated rings. The second kappa shape index (κ2) is 13.0. The van der Waals surface area contributed by atoms with E-state index in [1.807, 2.05) is 56.3 Å². The third-order valence-corrected chi connectivity index (χ3v) is 8.85. The van der Waals surface area contributed by atoms with E-state index in [9.17, 15) is 8.42 Å². The second-order valence-corrected chi connectivity index (χ2v) is 12.9. The summed E-state index contributed by atoms with van der Waals surface area (Å²) in [6.45, 7) is 16.3. The molecule has 0 aliphatic heterocycles. The van der Waals surface area contributed by atoms with Gasteiger partial charge in [-0.2, -0.15) is 0 Å². The Bertz CT molecular complexity index is 1660. The summed E-state index contributed by atoms with van der Waals surface area (Å²) in [5, 5.41) is 0.963. The predicted molar refractivity (Wildman–Crippen MR) is 170 cm³/mol. The van der Waals surface area contributed by atoms with Crippen molar-refractivity contribution in [1.82, 2.24) is 4.98 Å². The molecule has 0 saturated heterocycles. The molecule has 4 nitrogen and oxygen atoms in total. The van der Waals surface area contributed by atoms with Gasteiger partial charge in [-0.1, -0.05) is 65.7 Å². The number of fused-ring (bicyclic) bond motifs is 1. The van der Waals surface area contributed by atoms with E-state index in [4.69, 9.17) is 0 Å². The number of rotatable bonds is 3. The molecule has 1 N–H and O–H groups in total. The zero-order valence-electron chi connectivity index (χ0n) is 24.1. The van der Waals surface area contributed by atoms with Crippen LogP contribution in [0.5, 0.6) is 0 Å². The Kier molecular flexibility index (Phi) is 10.1. The minimum absolute atomic E-state index is 0. The largest absolute Gasteiger partial charge is 0.280 e. The lowest BCUT2D eigenvalue weighted by molar-refractivity contribution is 0.600. The van der Waals surface area contributed by atoms with Crippen LogP contribution in [0.2, 0.25) is 0 Å². The molecule has 0 unspecified atom stereocenters. The summed E-state index contributed by atoms with van der Waals surface area (Å²) in [7, 11) is -3.59. The minimum atomic E-state index is -3.59. The summed E-state index contributed by atoms with van der Waals surface area (Å²) in [6, 6.07) is 25.5. The van der Waals surface area contributed by atoms with Gasteiger partial charge in [-0.3, -0.25) is 4.72 Å². The average molecular weight is 561 g/mol. The molecule has 0 aliphatic rings. The summed E-state index contributed by atoms with van der Waals surface area (Å²) >= 11 is 1.55. The van der Waals surface area contributed by atoms with E-state index in [1.54, 1.807) is 30.4 Å². The molecule has 39 heavy (non-hydrogen) atoms. The van der Waals surface area contributed by atoms with Crippen molar-refractivity contribution in [2.24, 2.45) is 0 Å². The molecule has 4 aromatic carbocycles. The summed E-state index contributed by atoms with van der Waals surface area (Å²) in [5.74, 6) is 0. The van der Waals surface area contributed by atoms with Crippen molar-refractivity contribution >= 4 is 37.3 Å². The molecule has 0 radical (unpaired) electrons. The SMILES string of the molecule is Cc1cc(C)c(C)c(C)c1.Cc1ccc(C)c(S(=O)(=O)Nc2ccc3nc(C)sc3c2)c1.Cc1ccccc1.[HH]. The number of benzene rings is 4. The molecule has 0 saturated carbocycles. The topological polar surface area (TPSA) is 59.1 Å². The van der Waals surface area contributed by atoms with Crippen LogP contribution in [0, 0.1) is 55.4 Å². The number of aromatic nitrogens is 1. The fourth-order valence-corrected chi connectivity index (χ4v) is 6.34. The molecular formula is C33H40N2O2S2. The number of nitrogens with one attached hydrogen (secondary N) is 1. The van der Waals surface area contributed by atoms with Crippen molar-refractivity contribution in [1.29, 1.82) is 0 Å². The summed E-state index contributed by atoms with van der Waals surface area (Å²) < 4.78 is 28.8. The lowest BCUT2D eigenvalue weighted by Crippen LogP contribution is -2.14. The molecule has 6 heteroatoms. The lowest BCUT2D eigenvalue weighted by atomic mass is 10.0. The Morgan fingerprint density at radius 2 is 1.31 bits per heavy atom. The highest BCUT2D eigenvalue weighted by Gasteiger charge is 2.17. The Labute approximate surface area is 239 Å². The van der Waals surface area contributed by atoms with Gasteiger partial charge in [-0.05, 0) is 107 Å². The molecule has 0 spiro atoms. The Hall–Kier alpha value is -3.48. The third kappa shape index (κ3) is 8.50. The summed E-state index contributed by atoms with van der Waals surface area (Å²) in [4.78, 5) is 4.69. The van der Waals surface area contributed by atoms with Gasteiger partial charge >= 0.3 is 0 Å². The number of thiazole rings is 1. The number of nitrogens with zero attached hydrogens (tertiary/aromatic N) is 1. The van der Waals surface area contributed by atoms with Gasteiger partial charge in [-0.15, -0.1) is 11.3 Å². The molecule has 5 rings (SSSR count). The van der Waals surface area contributed by atoms with Crippen LogP contribution < -0.4 is 4.72 Å². The first kappa shape index (κ1) is 30.1. The second-order valence-electron chi connectivity index (χ2n) is 9.97. The molecule has 0 amide bonds. The Morgan fingerprint density at radius 3 is 1.90 bits per heavy atom. The molecule has 206 valence electrons. The standard InChI is InChI=1S/C16H16N2O2S2.C10H14.C7H8.H2/c1-10-4-5-11(2)16(8-10)22(19,20)18-13-6-7-14-15(9-13)21-12(3)17-14;1-7-5-8(2)10(4)9(3)6-7;1-7-5-3-2-4-6-7;/h4-9,18H,1-3H3;5-6H,1-4H3;2-6H,1H3;1H. The highest BCUT2D eigenvalue weighted by atomic mass is 32.2. The summed E-state index contributed by atoms with van der Waals surface area (Å²) in [5.41, 5.74) is 9.99. The number of hydrogen-bond acceptors (Lipinski definition) is 4. The minimum Gasteiger partial charge on any atom is -0.280 e. The molecule has 1 aromatic heterocycles. The molecular weight excluding hydrogens is 521 g/mol. The van der Waals surface area contributed by atoms with Crippen LogP contribution in [0.15, 0.2) is 83.8 Å². The van der Waals surface area contributed by atoms with Crippen LogP contribution in [0.3, 0.4) is 0 Å². The number of sulfonamides is 1. The smallest absolute Gasteiger partial charge is 0.262 e. The maximum Gasteiger partial charge on any atom is 0.262 e. The quantitative estimate of drug-likeness (QED) is 0.239. The zero-order chi connectivity index (χ0) is 28.7. The first-order chi connectivity index (χ1) is 18.4. The molecule has 5 aromatic rings. The van der Waals surface area contributed by atoms with E-state index in [-0.39, 0.29) is 1.43 Å². The highest BCUT2D eigenvalue weighted by Crippen LogP contribution is 2.27. The molecule has 0 bridgehead atoms. The van der Waals surface area contributed by atoms with Crippen LogP contribution in [0.4, 0.5) is 5.69 Å². The maximum absolute atomic E-state index is 12.6. The van der Waals surface area contributed by atoms with E-state index in [0.717, 1.165) is 26.4 Å². The molecule has 0 aliphatic carbocycles. The molecule has 0 atom stereocenters. The van der Waals surface area contributed by atoms with Crippen molar-refractivity contribution in [3.05, 3.63) is 123 Å². The predicted octanol–water partition coefficient (Wildman–Crippen LogP) is 9.18. The van der Waals surface area contributed by atoms with Gasteiger partial charge < -0.3 is 0 Å². The van der Waals surface area contributed by atoms with E-state index >= 15 is 0 Å². The van der Waals surface area contributed by atoms with Gasteiger partial charge in [0.1, 0.15) is 0 Å². The van der Waals surface area contributed by atoms with Crippen molar-refractivity contribution in [2.45, 2.75) is 60.3 Å². The van der Waals surface area contributed by atoms with Gasteiger partial charge in [0.05, 0.1) is 25.8 Å². The molecule has 1 heterocycles. The Morgan fingerprint density at radius 1 is 0.667 bits per heavy atom. The highest BCUT2D eigenvalue weighted by molar-refractivity contribution is 7.92. The van der Waals surface area contributed by atoms with Crippen molar-refractivity contribution in [2.75, 3.05) is 4.72 Å². The van der Waals surface area contributed by atoms with Gasteiger partial charge in [-0.25, -0.2) is 13.4 Å². The van der Waals surface area contributed by atoms with Crippen LogP contribution in [-0.2, 0) is 10.0 Å². The fourth-order valence-electron chi connectivity index (χ4n) is 4.10. The zero-order valence-corrected chi connectivity index (χ0v) is 25.7. The maximum atomic E-state index is 12.6. The number of aryl methyl sites for hydroxylation is 7. The normalized spacial score (nSPS) is 10.8. The first-order valence-corrected chi connectivity index (χ1v) is 15.2. The van der Waals surface area contributed by atoms with Crippen LogP contribution >= 0.6 is 11.3 Å². The average Bonchev–Trinajstić information content (AvgIpc) is 3.24. The van der Waals surface area contributed by atoms with E-state index in [0.29, 0.717) is 10.6 Å². The van der Waals surface area contributed by atoms with E-state index < -0.39 is 10.0 Å². The van der Waals surface area contributed by atoms with Crippen molar-refractivity contribution in [3.8, 4) is 0 Å². The van der Waals surface area contributed by atoms with Crippen LogP contribution in [0.25, 0.3) is 10.2 Å². The van der Waals surface area contributed by atoms with Gasteiger partial charge in [0, 0.05) is 1.43 Å². The van der Waals surface area contributed by atoms with Crippen molar-refractivity contribution < 1.29 is 9.84 Å². The van der Waals surface area contributed by atoms with Crippen molar-refractivity contribution in [3.63, 3.8) is 0 Å². The Balaban J connectivity index is 0.000000257. The number of hydrogen-bond donors (Lipinski definition) is 1.